The first kappa shape index (κ1) is 14.0. The summed E-state index contributed by atoms with van der Waals surface area (Å²) in [6, 6.07) is 2.55. The number of methoxy groups -OCH3 is 1. The summed E-state index contributed by atoms with van der Waals surface area (Å²) in [5.74, 6) is -0.823. The summed E-state index contributed by atoms with van der Waals surface area (Å²) in [6.07, 6.45) is 1.98. The van der Waals surface area contributed by atoms with Gasteiger partial charge in [0.2, 0.25) is 11.8 Å². The molecule has 1 aliphatic rings. The van der Waals surface area contributed by atoms with E-state index in [1.807, 2.05) is 6.92 Å². The molecule has 2 rings (SSSR count). The van der Waals surface area contributed by atoms with Crippen molar-refractivity contribution in [2.45, 2.75) is 19.4 Å². The summed E-state index contributed by atoms with van der Waals surface area (Å²) >= 11 is 0. The van der Waals surface area contributed by atoms with Crippen LogP contribution in [0.1, 0.15) is 23.7 Å². The highest BCUT2D eigenvalue weighted by Crippen LogP contribution is 2.19. The van der Waals surface area contributed by atoms with Gasteiger partial charge >= 0.3 is 5.97 Å². The van der Waals surface area contributed by atoms with Crippen molar-refractivity contribution >= 4 is 23.6 Å². The third kappa shape index (κ3) is 2.61. The Labute approximate surface area is 115 Å². The number of nitrogens with zero attached hydrogens (tertiary/aromatic N) is 2. The SMILES string of the molecule is CCC1C(=O)NC(=O)CN1c1cc(C(=O)OC)ccn1. The van der Waals surface area contributed by atoms with E-state index in [0.29, 0.717) is 17.8 Å². The van der Waals surface area contributed by atoms with Crippen LogP contribution in [-0.2, 0) is 14.3 Å². The first-order valence-electron chi connectivity index (χ1n) is 6.21. The Morgan fingerprint density at radius 1 is 1.55 bits per heavy atom. The number of amides is 2. The molecule has 0 saturated carbocycles. The second-order valence-corrected chi connectivity index (χ2v) is 4.36. The topological polar surface area (TPSA) is 88.6 Å². The summed E-state index contributed by atoms with van der Waals surface area (Å²) in [4.78, 5) is 40.5. The molecule has 1 fully saturated rings. The van der Waals surface area contributed by atoms with Crippen molar-refractivity contribution in [2.24, 2.45) is 0 Å². The number of esters is 1. The van der Waals surface area contributed by atoms with Gasteiger partial charge in [-0.1, -0.05) is 6.92 Å². The van der Waals surface area contributed by atoms with Gasteiger partial charge in [0.05, 0.1) is 19.2 Å². The smallest absolute Gasteiger partial charge is 0.338 e. The molecule has 1 aromatic heterocycles. The molecule has 7 nitrogen and oxygen atoms in total. The highest BCUT2D eigenvalue weighted by molar-refractivity contribution is 6.04. The van der Waals surface area contributed by atoms with E-state index in [-0.39, 0.29) is 18.4 Å². The molecule has 7 heteroatoms. The van der Waals surface area contributed by atoms with E-state index in [1.54, 1.807) is 4.90 Å². The molecular formula is C13H15N3O4. The summed E-state index contributed by atoms with van der Waals surface area (Å²) in [5, 5.41) is 2.29. The Bertz CT molecular complexity index is 558. The third-order valence-electron chi connectivity index (χ3n) is 3.10. The van der Waals surface area contributed by atoms with E-state index >= 15 is 0 Å². The van der Waals surface area contributed by atoms with Crippen LogP contribution in [0.2, 0.25) is 0 Å². The van der Waals surface area contributed by atoms with Gasteiger partial charge in [0.1, 0.15) is 11.9 Å². The van der Waals surface area contributed by atoms with E-state index in [4.69, 9.17) is 0 Å². The van der Waals surface area contributed by atoms with Gasteiger partial charge in [-0.2, -0.15) is 0 Å². The van der Waals surface area contributed by atoms with Crippen LogP contribution in [0.4, 0.5) is 5.82 Å². The fraction of sp³-hybridized carbons (Fsp3) is 0.385. The predicted octanol–water partition coefficient (Wildman–Crippen LogP) is 0.110. The van der Waals surface area contributed by atoms with Crippen molar-refractivity contribution < 1.29 is 19.1 Å². The third-order valence-corrected chi connectivity index (χ3v) is 3.10. The maximum Gasteiger partial charge on any atom is 0.338 e. The van der Waals surface area contributed by atoms with Gasteiger partial charge in [0.15, 0.2) is 0 Å². The van der Waals surface area contributed by atoms with Crippen LogP contribution in [0.15, 0.2) is 18.3 Å². The summed E-state index contributed by atoms with van der Waals surface area (Å²) in [5.41, 5.74) is 0.325. The number of piperazine rings is 1. The number of imide groups is 1. The lowest BCUT2D eigenvalue weighted by Crippen LogP contribution is -2.58. The molecule has 1 unspecified atom stereocenters. The Kier molecular flexibility index (Phi) is 3.97. The lowest BCUT2D eigenvalue weighted by atomic mass is 10.1. The molecule has 1 atom stereocenters. The van der Waals surface area contributed by atoms with Gasteiger partial charge in [-0.3, -0.25) is 14.9 Å². The zero-order valence-corrected chi connectivity index (χ0v) is 11.3. The van der Waals surface area contributed by atoms with Crippen LogP contribution < -0.4 is 10.2 Å². The molecule has 1 aliphatic heterocycles. The number of rotatable bonds is 3. The average molecular weight is 277 g/mol. The zero-order chi connectivity index (χ0) is 14.7. The van der Waals surface area contributed by atoms with Crippen molar-refractivity contribution in [1.82, 2.24) is 10.3 Å². The van der Waals surface area contributed by atoms with Gasteiger partial charge in [0, 0.05) is 6.20 Å². The molecule has 1 aromatic rings. The number of aromatic nitrogens is 1. The Morgan fingerprint density at radius 3 is 2.95 bits per heavy atom. The first-order valence-corrected chi connectivity index (χ1v) is 6.21. The van der Waals surface area contributed by atoms with Gasteiger partial charge in [-0.05, 0) is 18.6 Å². The molecule has 0 aliphatic carbocycles. The molecule has 20 heavy (non-hydrogen) atoms. The van der Waals surface area contributed by atoms with Gasteiger partial charge < -0.3 is 9.64 Å². The molecular weight excluding hydrogens is 262 g/mol. The monoisotopic (exact) mass is 277 g/mol. The van der Waals surface area contributed by atoms with E-state index in [9.17, 15) is 14.4 Å². The second-order valence-electron chi connectivity index (χ2n) is 4.36. The molecule has 1 saturated heterocycles. The number of pyridine rings is 1. The van der Waals surface area contributed by atoms with Crippen LogP contribution in [0.25, 0.3) is 0 Å². The van der Waals surface area contributed by atoms with E-state index in [0.717, 1.165) is 0 Å². The highest BCUT2D eigenvalue weighted by atomic mass is 16.5. The van der Waals surface area contributed by atoms with Crippen LogP contribution in [-0.4, -0.2) is 42.5 Å². The maximum atomic E-state index is 11.8. The maximum absolute atomic E-state index is 11.8. The number of nitrogens with one attached hydrogen (secondary N) is 1. The summed E-state index contributed by atoms with van der Waals surface area (Å²) < 4.78 is 4.64. The minimum Gasteiger partial charge on any atom is -0.465 e. The van der Waals surface area contributed by atoms with Crippen molar-refractivity contribution in [3.63, 3.8) is 0 Å². The van der Waals surface area contributed by atoms with E-state index in [1.165, 1.54) is 25.4 Å². The van der Waals surface area contributed by atoms with Gasteiger partial charge in [0.25, 0.3) is 0 Å². The normalized spacial score (nSPS) is 18.7. The standard InChI is InChI=1S/C13H15N3O4/c1-3-9-12(18)15-11(17)7-16(9)10-6-8(4-5-14-10)13(19)20-2/h4-6,9H,3,7H2,1-2H3,(H,15,17,18). The molecule has 0 spiro atoms. The zero-order valence-electron chi connectivity index (χ0n) is 11.3. The Morgan fingerprint density at radius 2 is 2.30 bits per heavy atom. The van der Waals surface area contributed by atoms with Gasteiger partial charge in [-0.15, -0.1) is 0 Å². The number of carbonyl (C=O) groups excluding carboxylic acids is 3. The molecule has 2 heterocycles. The summed E-state index contributed by atoms with van der Waals surface area (Å²) in [7, 11) is 1.29. The van der Waals surface area contributed by atoms with Crippen LogP contribution in [0.3, 0.4) is 0 Å². The van der Waals surface area contributed by atoms with Crippen molar-refractivity contribution in [3.8, 4) is 0 Å². The number of carbonyl (C=O) groups is 3. The Hall–Kier alpha value is -2.44. The fourth-order valence-corrected chi connectivity index (χ4v) is 2.13. The summed E-state index contributed by atoms with van der Waals surface area (Å²) in [6.45, 7) is 1.87. The minimum atomic E-state index is -0.491. The highest BCUT2D eigenvalue weighted by Gasteiger charge is 2.33. The first-order chi connectivity index (χ1) is 9.56. The van der Waals surface area contributed by atoms with Crippen molar-refractivity contribution in [1.29, 1.82) is 0 Å². The molecule has 2 amide bonds. The largest absolute Gasteiger partial charge is 0.465 e. The second kappa shape index (κ2) is 5.68. The average Bonchev–Trinajstić information content (AvgIpc) is 2.45. The molecule has 106 valence electrons. The quantitative estimate of drug-likeness (QED) is 0.623. The molecule has 0 bridgehead atoms. The predicted molar refractivity (Wildman–Crippen MR) is 70.2 cm³/mol. The van der Waals surface area contributed by atoms with Crippen LogP contribution in [0.5, 0.6) is 0 Å². The van der Waals surface area contributed by atoms with Gasteiger partial charge in [-0.25, -0.2) is 9.78 Å². The molecule has 1 N–H and O–H groups in total. The van der Waals surface area contributed by atoms with Crippen molar-refractivity contribution in [2.75, 3.05) is 18.6 Å². The lowest BCUT2D eigenvalue weighted by molar-refractivity contribution is -0.132. The van der Waals surface area contributed by atoms with Crippen LogP contribution in [0, 0.1) is 0 Å². The van der Waals surface area contributed by atoms with Crippen molar-refractivity contribution in [3.05, 3.63) is 23.9 Å². The number of ether oxygens (including phenoxy) is 1. The Balaban J connectivity index is 2.35. The number of hydrogen-bond donors (Lipinski definition) is 1. The van der Waals surface area contributed by atoms with Crippen LogP contribution >= 0.6 is 0 Å². The molecule has 0 aromatic carbocycles. The minimum absolute atomic E-state index is 0.0296. The van der Waals surface area contributed by atoms with E-state index < -0.39 is 12.0 Å². The number of hydrogen-bond acceptors (Lipinski definition) is 6. The lowest BCUT2D eigenvalue weighted by Gasteiger charge is -2.34. The molecule has 0 radical (unpaired) electrons. The number of anilines is 1. The fourth-order valence-electron chi connectivity index (χ4n) is 2.13. The van der Waals surface area contributed by atoms with E-state index in [2.05, 4.69) is 15.0 Å².